The smallest absolute Gasteiger partial charge is 0.420 e. The molecule has 3 rings (SSSR count). The second-order valence-corrected chi connectivity index (χ2v) is 7.07. The van der Waals surface area contributed by atoms with E-state index in [1.54, 1.807) is 52.0 Å². The summed E-state index contributed by atoms with van der Waals surface area (Å²) in [4.78, 5) is 41.9. The molecule has 1 aromatic carbocycles. The highest BCUT2D eigenvalue weighted by Gasteiger charge is 2.34. The van der Waals surface area contributed by atoms with Crippen LogP contribution in [0.3, 0.4) is 0 Å². The minimum atomic E-state index is -0.620. The van der Waals surface area contributed by atoms with Crippen LogP contribution >= 0.6 is 0 Å². The van der Waals surface area contributed by atoms with E-state index in [-0.39, 0.29) is 18.4 Å². The lowest BCUT2D eigenvalue weighted by Gasteiger charge is -2.19. The average Bonchev–Trinajstić information content (AvgIpc) is 3.07. The highest BCUT2D eigenvalue weighted by Crippen LogP contribution is 2.21. The van der Waals surface area contributed by atoms with Crippen LogP contribution in [0.5, 0.6) is 0 Å². The normalized spacial score (nSPS) is 13.3. The highest BCUT2D eigenvalue weighted by atomic mass is 16.6. The number of ether oxygens (including phenoxy) is 1. The summed E-state index contributed by atoms with van der Waals surface area (Å²) in [7, 11) is 0. The van der Waals surface area contributed by atoms with Gasteiger partial charge >= 0.3 is 6.09 Å². The van der Waals surface area contributed by atoms with Gasteiger partial charge in [-0.25, -0.2) is 14.3 Å². The van der Waals surface area contributed by atoms with Gasteiger partial charge in [0.2, 0.25) is 0 Å². The van der Waals surface area contributed by atoms with Gasteiger partial charge in [-0.05, 0) is 45.7 Å². The van der Waals surface area contributed by atoms with Gasteiger partial charge in [0.25, 0.3) is 11.8 Å². The lowest BCUT2D eigenvalue weighted by atomic mass is 10.1. The number of nitrogens with zero attached hydrogens (tertiary/aromatic N) is 3. The molecule has 2 aromatic rings. The Morgan fingerprint density at radius 2 is 1.74 bits per heavy atom. The van der Waals surface area contributed by atoms with Crippen LogP contribution in [0.2, 0.25) is 0 Å². The number of carbonyl (C=O) groups excluding carboxylic acids is 3. The zero-order chi connectivity index (χ0) is 19.8. The monoisotopic (exact) mass is 365 g/mol. The standard InChI is InChI=1S/C20H19N3O4/c1-13-16(21-12-23(13)19(26)27-20(2,3)4)10-7-11-22-17(24)14-8-5-6-9-15(14)18(22)25/h5-6,8-9,12H,11H2,1-4H3. The number of benzene rings is 1. The molecule has 0 radical (unpaired) electrons. The number of aromatic nitrogens is 2. The van der Waals surface area contributed by atoms with Crippen molar-refractivity contribution in [1.82, 2.24) is 14.5 Å². The molecule has 0 unspecified atom stereocenters. The lowest BCUT2D eigenvalue weighted by Crippen LogP contribution is -2.30. The maximum atomic E-state index is 12.3. The van der Waals surface area contributed by atoms with E-state index in [0.29, 0.717) is 22.5 Å². The Labute approximate surface area is 156 Å². The Morgan fingerprint density at radius 3 is 2.30 bits per heavy atom. The van der Waals surface area contributed by atoms with Gasteiger partial charge in [0.1, 0.15) is 17.6 Å². The van der Waals surface area contributed by atoms with Crippen LogP contribution in [0.25, 0.3) is 0 Å². The number of carbonyl (C=O) groups is 3. The Bertz CT molecular complexity index is 967. The summed E-state index contributed by atoms with van der Waals surface area (Å²) in [6.07, 6.45) is 0.802. The fraction of sp³-hybridized carbons (Fsp3) is 0.300. The SMILES string of the molecule is Cc1c(C#CCN2C(=O)c3ccccc3C2=O)ncn1C(=O)OC(C)(C)C. The number of imidazole rings is 1. The Balaban J connectivity index is 1.74. The third-order valence-corrected chi connectivity index (χ3v) is 3.92. The minimum Gasteiger partial charge on any atom is -0.443 e. The maximum Gasteiger partial charge on any atom is 0.420 e. The van der Waals surface area contributed by atoms with Crippen molar-refractivity contribution in [2.45, 2.75) is 33.3 Å². The molecule has 0 fully saturated rings. The molecule has 0 spiro atoms. The molecule has 7 nitrogen and oxygen atoms in total. The molecule has 0 bridgehead atoms. The fourth-order valence-corrected chi connectivity index (χ4v) is 2.61. The Morgan fingerprint density at radius 1 is 1.15 bits per heavy atom. The molecule has 0 saturated carbocycles. The fourth-order valence-electron chi connectivity index (χ4n) is 2.61. The van der Waals surface area contributed by atoms with Crippen molar-refractivity contribution in [3.8, 4) is 11.8 Å². The third kappa shape index (κ3) is 3.60. The van der Waals surface area contributed by atoms with Gasteiger partial charge in [-0.1, -0.05) is 18.1 Å². The average molecular weight is 365 g/mol. The number of hydrogen-bond donors (Lipinski definition) is 0. The summed E-state index contributed by atoms with van der Waals surface area (Å²) in [6, 6.07) is 6.67. The van der Waals surface area contributed by atoms with Crippen molar-refractivity contribution in [3.63, 3.8) is 0 Å². The zero-order valence-corrected chi connectivity index (χ0v) is 15.6. The van der Waals surface area contributed by atoms with Crippen molar-refractivity contribution in [2.75, 3.05) is 6.54 Å². The van der Waals surface area contributed by atoms with Crippen molar-refractivity contribution in [1.29, 1.82) is 0 Å². The molecule has 1 aromatic heterocycles. The number of hydrogen-bond acceptors (Lipinski definition) is 5. The first-order valence-electron chi connectivity index (χ1n) is 8.40. The molecule has 7 heteroatoms. The van der Waals surface area contributed by atoms with E-state index in [2.05, 4.69) is 16.8 Å². The third-order valence-electron chi connectivity index (χ3n) is 3.92. The number of amides is 2. The minimum absolute atomic E-state index is 0.0505. The summed E-state index contributed by atoms with van der Waals surface area (Å²) in [5.41, 5.74) is 1.06. The predicted molar refractivity (Wildman–Crippen MR) is 97.3 cm³/mol. The van der Waals surface area contributed by atoms with E-state index in [1.807, 2.05) is 0 Å². The summed E-state index contributed by atoms with van der Waals surface area (Å²) in [6.45, 7) is 6.98. The number of fused-ring (bicyclic) bond motifs is 1. The predicted octanol–water partition coefficient (Wildman–Crippen LogP) is 2.62. The summed E-state index contributed by atoms with van der Waals surface area (Å²) in [5.74, 6) is 4.88. The van der Waals surface area contributed by atoms with E-state index >= 15 is 0 Å². The summed E-state index contributed by atoms with van der Waals surface area (Å²) >= 11 is 0. The molecule has 0 N–H and O–H groups in total. The van der Waals surface area contributed by atoms with Gasteiger partial charge in [-0.3, -0.25) is 14.5 Å². The Kier molecular flexibility index (Phi) is 4.58. The van der Waals surface area contributed by atoms with Gasteiger partial charge in [0.05, 0.1) is 23.4 Å². The molecule has 1 aliphatic rings. The van der Waals surface area contributed by atoms with Gasteiger partial charge in [-0.2, -0.15) is 0 Å². The highest BCUT2D eigenvalue weighted by molar-refractivity contribution is 6.21. The second kappa shape index (κ2) is 6.72. The van der Waals surface area contributed by atoms with Crippen LogP contribution in [-0.2, 0) is 4.74 Å². The first-order valence-corrected chi connectivity index (χ1v) is 8.40. The second-order valence-electron chi connectivity index (χ2n) is 7.07. The molecule has 0 aliphatic carbocycles. The van der Waals surface area contributed by atoms with Crippen molar-refractivity contribution in [2.24, 2.45) is 0 Å². The van der Waals surface area contributed by atoms with Crippen LogP contribution in [0.15, 0.2) is 30.6 Å². The van der Waals surface area contributed by atoms with Gasteiger partial charge in [0.15, 0.2) is 0 Å². The van der Waals surface area contributed by atoms with Crippen molar-refractivity contribution in [3.05, 3.63) is 53.1 Å². The molecule has 1 aliphatic heterocycles. The lowest BCUT2D eigenvalue weighted by molar-refractivity contribution is 0.0532. The van der Waals surface area contributed by atoms with Crippen molar-refractivity contribution < 1.29 is 19.1 Å². The summed E-state index contributed by atoms with van der Waals surface area (Å²) < 4.78 is 6.58. The van der Waals surface area contributed by atoms with Crippen LogP contribution < -0.4 is 0 Å². The number of imide groups is 1. The van der Waals surface area contributed by atoms with E-state index in [1.165, 1.54) is 10.9 Å². The number of rotatable bonds is 1. The van der Waals surface area contributed by atoms with Crippen molar-refractivity contribution >= 4 is 17.9 Å². The van der Waals surface area contributed by atoms with Crippen LogP contribution in [0.4, 0.5) is 4.79 Å². The molecule has 27 heavy (non-hydrogen) atoms. The van der Waals surface area contributed by atoms with E-state index in [9.17, 15) is 14.4 Å². The van der Waals surface area contributed by atoms with Crippen LogP contribution in [0, 0.1) is 18.8 Å². The van der Waals surface area contributed by atoms with E-state index < -0.39 is 11.7 Å². The molecule has 2 amide bonds. The van der Waals surface area contributed by atoms with Gasteiger partial charge in [-0.15, -0.1) is 0 Å². The summed E-state index contributed by atoms with van der Waals surface area (Å²) in [5, 5.41) is 0. The molecular weight excluding hydrogens is 346 g/mol. The largest absolute Gasteiger partial charge is 0.443 e. The maximum absolute atomic E-state index is 12.3. The van der Waals surface area contributed by atoms with Crippen LogP contribution in [0.1, 0.15) is 52.9 Å². The van der Waals surface area contributed by atoms with E-state index in [4.69, 9.17) is 4.74 Å². The quantitative estimate of drug-likeness (QED) is 0.573. The Hall–Kier alpha value is -3.40. The van der Waals surface area contributed by atoms with E-state index in [0.717, 1.165) is 4.90 Å². The van der Waals surface area contributed by atoms with Crippen LogP contribution in [-0.4, -0.2) is 44.5 Å². The zero-order valence-electron chi connectivity index (χ0n) is 15.6. The first-order chi connectivity index (χ1) is 12.7. The first kappa shape index (κ1) is 18.4. The van der Waals surface area contributed by atoms with Gasteiger partial charge in [0, 0.05) is 0 Å². The topological polar surface area (TPSA) is 81.5 Å². The van der Waals surface area contributed by atoms with Gasteiger partial charge < -0.3 is 4.74 Å². The molecule has 2 heterocycles. The molecule has 0 atom stereocenters. The molecular formula is C20H19N3O4. The molecule has 138 valence electrons. The molecule has 0 saturated heterocycles.